The van der Waals surface area contributed by atoms with Gasteiger partial charge >= 0.3 is 0 Å². The van der Waals surface area contributed by atoms with Gasteiger partial charge in [-0.3, -0.25) is 9.59 Å². The lowest BCUT2D eigenvalue weighted by Crippen LogP contribution is -2.30. The number of nitrogens with zero attached hydrogens (tertiary/aromatic N) is 1. The fraction of sp³-hybridized carbons (Fsp3) is 0.167. The van der Waals surface area contributed by atoms with E-state index in [2.05, 4.69) is 5.32 Å². The van der Waals surface area contributed by atoms with E-state index in [4.69, 9.17) is 0 Å². The number of rotatable bonds is 6. The molecule has 3 rings (SSSR count). The molecule has 30 heavy (non-hydrogen) atoms. The van der Waals surface area contributed by atoms with Gasteiger partial charge in [0.2, 0.25) is 0 Å². The van der Waals surface area contributed by atoms with Crippen molar-refractivity contribution in [3.05, 3.63) is 89.5 Å². The van der Waals surface area contributed by atoms with Gasteiger partial charge in [-0.15, -0.1) is 0 Å². The summed E-state index contributed by atoms with van der Waals surface area (Å²) in [6.07, 6.45) is 0. The van der Waals surface area contributed by atoms with Gasteiger partial charge in [-0.2, -0.15) is 0 Å². The average molecular weight is 408 g/mol. The number of amides is 2. The second kappa shape index (κ2) is 9.31. The van der Waals surface area contributed by atoms with E-state index in [1.165, 1.54) is 18.2 Å². The minimum Gasteiger partial charge on any atom is -0.339 e. The quantitative estimate of drug-likeness (QED) is 0.596. The van der Waals surface area contributed by atoms with Crippen LogP contribution in [-0.2, 0) is 0 Å². The van der Waals surface area contributed by atoms with Gasteiger partial charge in [0.05, 0.1) is 5.69 Å². The lowest BCUT2D eigenvalue weighted by Gasteiger charge is -2.18. The number of hydrogen-bond acceptors (Lipinski definition) is 2. The maximum Gasteiger partial charge on any atom is 0.255 e. The molecule has 0 saturated carbocycles. The zero-order valence-corrected chi connectivity index (χ0v) is 16.8. The highest BCUT2D eigenvalue weighted by molar-refractivity contribution is 6.07. The summed E-state index contributed by atoms with van der Waals surface area (Å²) in [5.41, 5.74) is 1.44. The third kappa shape index (κ3) is 4.54. The third-order valence-corrected chi connectivity index (χ3v) is 4.82. The number of hydrogen-bond donors (Lipinski definition) is 1. The van der Waals surface area contributed by atoms with Crippen molar-refractivity contribution in [3.63, 3.8) is 0 Å². The van der Waals surface area contributed by atoms with E-state index in [-0.39, 0.29) is 22.7 Å². The number of nitrogens with one attached hydrogen (secondary N) is 1. The molecule has 0 aliphatic heterocycles. The van der Waals surface area contributed by atoms with Gasteiger partial charge in [0.1, 0.15) is 11.6 Å². The number of benzene rings is 3. The van der Waals surface area contributed by atoms with Crippen molar-refractivity contribution in [1.29, 1.82) is 0 Å². The zero-order chi connectivity index (χ0) is 21.7. The number of carbonyl (C=O) groups excluding carboxylic acids is 2. The third-order valence-electron chi connectivity index (χ3n) is 4.82. The topological polar surface area (TPSA) is 49.4 Å². The predicted octanol–water partition coefficient (Wildman–Crippen LogP) is 5.37. The highest BCUT2D eigenvalue weighted by Gasteiger charge is 2.18. The van der Waals surface area contributed by atoms with E-state index in [0.717, 1.165) is 6.07 Å². The Morgan fingerprint density at radius 1 is 0.867 bits per heavy atom. The number of carbonyl (C=O) groups is 2. The van der Waals surface area contributed by atoms with Crippen LogP contribution < -0.4 is 5.32 Å². The smallest absolute Gasteiger partial charge is 0.255 e. The largest absolute Gasteiger partial charge is 0.339 e. The van der Waals surface area contributed by atoms with Crippen LogP contribution in [0.5, 0.6) is 0 Å². The molecule has 0 fully saturated rings. The number of anilines is 1. The molecule has 1 N–H and O–H groups in total. The Bertz CT molecular complexity index is 1050. The molecule has 0 bridgehead atoms. The van der Waals surface area contributed by atoms with Crippen LogP contribution in [0.25, 0.3) is 11.1 Å². The minimum atomic E-state index is -0.865. The van der Waals surface area contributed by atoms with E-state index in [1.54, 1.807) is 47.4 Å². The van der Waals surface area contributed by atoms with Gasteiger partial charge in [0, 0.05) is 35.8 Å². The van der Waals surface area contributed by atoms with Crippen LogP contribution in [-0.4, -0.2) is 29.8 Å². The first-order valence-electron chi connectivity index (χ1n) is 9.69. The molecule has 0 radical (unpaired) electrons. The maximum absolute atomic E-state index is 14.5. The van der Waals surface area contributed by atoms with Gasteiger partial charge in [-0.25, -0.2) is 8.78 Å². The molecule has 0 unspecified atom stereocenters. The molecule has 0 heterocycles. The molecule has 0 saturated heterocycles. The Balaban J connectivity index is 1.87. The normalized spacial score (nSPS) is 10.5. The Morgan fingerprint density at radius 3 is 2.07 bits per heavy atom. The monoisotopic (exact) mass is 408 g/mol. The molecule has 0 aliphatic rings. The van der Waals surface area contributed by atoms with Crippen LogP contribution >= 0.6 is 0 Å². The van der Waals surface area contributed by atoms with Crippen LogP contribution in [0.4, 0.5) is 14.5 Å². The first kappa shape index (κ1) is 21.2. The molecule has 0 spiro atoms. The molecule has 3 aromatic rings. The average Bonchev–Trinajstić information content (AvgIpc) is 2.76. The van der Waals surface area contributed by atoms with Crippen LogP contribution in [0.2, 0.25) is 0 Å². The molecular formula is C24H22F2N2O2. The van der Waals surface area contributed by atoms with Gasteiger partial charge in [-0.1, -0.05) is 30.3 Å². The van der Waals surface area contributed by atoms with Crippen LogP contribution in [0.15, 0.2) is 66.7 Å². The SMILES string of the molecule is CCN(CC)C(=O)c1ccc(C(=O)Nc2c(F)cc(F)cc2-c2ccccc2)cc1. The summed E-state index contributed by atoms with van der Waals surface area (Å²) < 4.78 is 28.3. The summed E-state index contributed by atoms with van der Waals surface area (Å²) >= 11 is 0. The summed E-state index contributed by atoms with van der Waals surface area (Å²) in [5, 5.41) is 2.54. The second-order valence-electron chi connectivity index (χ2n) is 6.69. The summed E-state index contributed by atoms with van der Waals surface area (Å²) in [4.78, 5) is 26.8. The Kier molecular flexibility index (Phi) is 6.57. The highest BCUT2D eigenvalue weighted by Crippen LogP contribution is 2.31. The van der Waals surface area contributed by atoms with E-state index in [1.807, 2.05) is 13.8 Å². The van der Waals surface area contributed by atoms with Crippen molar-refractivity contribution in [3.8, 4) is 11.1 Å². The van der Waals surface area contributed by atoms with Crippen molar-refractivity contribution < 1.29 is 18.4 Å². The van der Waals surface area contributed by atoms with Crippen molar-refractivity contribution >= 4 is 17.5 Å². The first-order chi connectivity index (χ1) is 14.4. The first-order valence-corrected chi connectivity index (χ1v) is 9.69. The fourth-order valence-electron chi connectivity index (χ4n) is 3.19. The second-order valence-corrected chi connectivity index (χ2v) is 6.69. The van der Waals surface area contributed by atoms with Gasteiger partial charge < -0.3 is 10.2 Å². The van der Waals surface area contributed by atoms with Gasteiger partial charge in [0.25, 0.3) is 11.8 Å². The summed E-state index contributed by atoms with van der Waals surface area (Å²) in [6.45, 7) is 4.96. The standard InChI is InChI=1S/C24H22F2N2O2/c1-3-28(4-2)24(30)18-12-10-17(11-13-18)23(29)27-22-20(14-19(25)15-21(22)26)16-8-6-5-7-9-16/h5-15H,3-4H2,1-2H3,(H,27,29). The Labute approximate surface area is 174 Å². The molecule has 4 nitrogen and oxygen atoms in total. The van der Waals surface area contributed by atoms with Crippen LogP contribution in [0.1, 0.15) is 34.6 Å². The summed E-state index contributed by atoms with van der Waals surface area (Å²) in [6, 6.07) is 16.8. The summed E-state index contributed by atoms with van der Waals surface area (Å²) in [5.74, 6) is -2.28. The molecule has 0 aromatic heterocycles. The lowest BCUT2D eigenvalue weighted by atomic mass is 10.0. The fourth-order valence-corrected chi connectivity index (χ4v) is 3.19. The highest BCUT2D eigenvalue weighted by atomic mass is 19.1. The molecular weight excluding hydrogens is 386 g/mol. The van der Waals surface area contributed by atoms with E-state index < -0.39 is 17.5 Å². The van der Waals surface area contributed by atoms with E-state index in [0.29, 0.717) is 24.2 Å². The van der Waals surface area contributed by atoms with E-state index >= 15 is 0 Å². The van der Waals surface area contributed by atoms with Crippen molar-refractivity contribution in [2.75, 3.05) is 18.4 Å². The predicted molar refractivity (Wildman–Crippen MR) is 113 cm³/mol. The van der Waals surface area contributed by atoms with Crippen LogP contribution in [0, 0.1) is 11.6 Å². The molecule has 6 heteroatoms. The maximum atomic E-state index is 14.5. The van der Waals surface area contributed by atoms with Crippen LogP contribution in [0.3, 0.4) is 0 Å². The van der Waals surface area contributed by atoms with E-state index in [9.17, 15) is 18.4 Å². The Morgan fingerprint density at radius 2 is 1.47 bits per heavy atom. The molecule has 0 aliphatic carbocycles. The summed E-state index contributed by atoms with van der Waals surface area (Å²) in [7, 11) is 0. The molecule has 3 aromatic carbocycles. The molecule has 2 amide bonds. The van der Waals surface area contributed by atoms with Crippen molar-refractivity contribution in [1.82, 2.24) is 4.90 Å². The van der Waals surface area contributed by atoms with Gasteiger partial charge in [0.15, 0.2) is 0 Å². The molecule has 0 atom stereocenters. The molecule has 154 valence electrons. The zero-order valence-electron chi connectivity index (χ0n) is 16.8. The lowest BCUT2D eigenvalue weighted by molar-refractivity contribution is 0.0772. The van der Waals surface area contributed by atoms with Gasteiger partial charge in [-0.05, 0) is 49.7 Å². The van der Waals surface area contributed by atoms with Crippen molar-refractivity contribution in [2.24, 2.45) is 0 Å². The minimum absolute atomic E-state index is 0.101. The van der Waals surface area contributed by atoms with Crippen molar-refractivity contribution in [2.45, 2.75) is 13.8 Å². The Hall–Kier alpha value is -3.54. The number of halogens is 2.